The lowest BCUT2D eigenvalue weighted by molar-refractivity contribution is -0.135. The lowest BCUT2D eigenvalue weighted by atomic mass is 9.99. The minimum atomic E-state index is -0.0331. The topological polar surface area (TPSA) is 37.4 Å². The molecule has 1 fully saturated rings. The highest BCUT2D eigenvalue weighted by atomic mass is 16.2. The van der Waals surface area contributed by atoms with Gasteiger partial charge in [0.15, 0.2) is 0 Å². The van der Waals surface area contributed by atoms with Gasteiger partial charge in [-0.1, -0.05) is 13.8 Å². The van der Waals surface area contributed by atoms with Crippen molar-refractivity contribution in [3.63, 3.8) is 0 Å². The van der Waals surface area contributed by atoms with E-state index in [0.717, 1.165) is 19.3 Å². The van der Waals surface area contributed by atoms with Crippen LogP contribution < -0.4 is 0 Å². The Hall–Kier alpha value is -0.860. The molecule has 2 unspecified atom stereocenters. The van der Waals surface area contributed by atoms with Crippen LogP contribution in [0.5, 0.6) is 0 Å². The van der Waals surface area contributed by atoms with Crippen molar-refractivity contribution in [1.82, 2.24) is 4.90 Å². The van der Waals surface area contributed by atoms with Gasteiger partial charge in [-0.25, -0.2) is 0 Å². The van der Waals surface area contributed by atoms with E-state index in [9.17, 15) is 9.59 Å². The van der Waals surface area contributed by atoms with Crippen LogP contribution in [0.25, 0.3) is 0 Å². The number of likely N-dealkylation sites (tertiary alicyclic amines) is 1. The Morgan fingerprint density at radius 2 is 2.38 bits per heavy atom. The highest BCUT2D eigenvalue weighted by molar-refractivity contribution is 5.77. The number of rotatable bonds is 3. The third kappa shape index (κ3) is 2.83. The Morgan fingerprint density at radius 1 is 1.69 bits per heavy atom. The maximum Gasteiger partial charge on any atom is 0.222 e. The van der Waals surface area contributed by atoms with Crippen molar-refractivity contribution in [2.24, 2.45) is 11.8 Å². The van der Waals surface area contributed by atoms with E-state index in [-0.39, 0.29) is 11.8 Å². The molecule has 1 amide bonds. The smallest absolute Gasteiger partial charge is 0.222 e. The molecule has 13 heavy (non-hydrogen) atoms. The fourth-order valence-electron chi connectivity index (χ4n) is 1.66. The summed E-state index contributed by atoms with van der Waals surface area (Å²) in [5.41, 5.74) is 0. The predicted octanol–water partition coefficient (Wildman–Crippen LogP) is 1.08. The molecule has 1 rings (SSSR count). The number of carbonyl (C=O) groups excluding carboxylic acids is 2. The van der Waals surface area contributed by atoms with E-state index in [1.807, 2.05) is 11.8 Å². The molecule has 0 aromatic carbocycles. The summed E-state index contributed by atoms with van der Waals surface area (Å²) in [5.74, 6) is 0.748. The molecule has 2 atom stereocenters. The van der Waals surface area contributed by atoms with Crippen LogP contribution in [0.15, 0.2) is 0 Å². The van der Waals surface area contributed by atoms with Gasteiger partial charge >= 0.3 is 0 Å². The average molecular weight is 183 g/mol. The van der Waals surface area contributed by atoms with Gasteiger partial charge in [0.05, 0.1) is 0 Å². The number of carbonyl (C=O) groups is 2. The number of hydrogen-bond acceptors (Lipinski definition) is 2. The molecule has 0 aliphatic carbocycles. The van der Waals surface area contributed by atoms with Crippen LogP contribution in [0.4, 0.5) is 0 Å². The van der Waals surface area contributed by atoms with E-state index in [4.69, 9.17) is 0 Å². The molecule has 0 aromatic heterocycles. The third-order valence-corrected chi connectivity index (χ3v) is 2.48. The molecule has 0 radical (unpaired) electrons. The fraction of sp³-hybridized carbons (Fsp3) is 0.800. The molecule has 0 bridgehead atoms. The summed E-state index contributed by atoms with van der Waals surface area (Å²) in [6.07, 6.45) is 2.55. The van der Waals surface area contributed by atoms with Crippen molar-refractivity contribution in [2.75, 3.05) is 13.1 Å². The Labute approximate surface area is 79.1 Å². The first-order valence-corrected chi connectivity index (χ1v) is 4.86. The quantitative estimate of drug-likeness (QED) is 0.614. The molecule has 0 saturated carbocycles. The lowest BCUT2D eigenvalue weighted by Crippen LogP contribution is -2.41. The molecule has 0 N–H and O–H groups in total. The van der Waals surface area contributed by atoms with Crippen LogP contribution in [0.1, 0.15) is 26.7 Å². The van der Waals surface area contributed by atoms with Crippen molar-refractivity contribution in [3.8, 4) is 0 Å². The first-order valence-electron chi connectivity index (χ1n) is 4.86. The molecule has 1 aliphatic rings. The zero-order valence-electron chi connectivity index (χ0n) is 8.32. The molecule has 3 heteroatoms. The molecule has 0 aromatic rings. The van der Waals surface area contributed by atoms with Crippen LogP contribution in [0.3, 0.4) is 0 Å². The summed E-state index contributed by atoms with van der Waals surface area (Å²) in [4.78, 5) is 23.6. The van der Waals surface area contributed by atoms with Crippen LogP contribution in [-0.2, 0) is 9.59 Å². The van der Waals surface area contributed by atoms with E-state index in [0.29, 0.717) is 18.9 Å². The van der Waals surface area contributed by atoms with Gasteiger partial charge in [0, 0.05) is 25.4 Å². The molecule has 3 nitrogen and oxygen atoms in total. The number of amides is 1. The molecular weight excluding hydrogens is 166 g/mol. The minimum absolute atomic E-state index is 0.0331. The molecular formula is C10H17NO2. The lowest BCUT2D eigenvalue weighted by Gasteiger charge is -2.31. The SMILES string of the molecule is CC(C=O)CN1CC(C)CCC1=O. The summed E-state index contributed by atoms with van der Waals surface area (Å²) in [6.45, 7) is 5.40. The average Bonchev–Trinajstić information content (AvgIpc) is 2.11. The summed E-state index contributed by atoms with van der Waals surface area (Å²) >= 11 is 0. The second-order valence-electron chi connectivity index (χ2n) is 4.06. The zero-order valence-corrected chi connectivity index (χ0v) is 8.32. The monoisotopic (exact) mass is 183 g/mol. The summed E-state index contributed by atoms with van der Waals surface area (Å²) in [7, 11) is 0. The molecule has 1 saturated heterocycles. The number of aldehydes is 1. The highest BCUT2D eigenvalue weighted by Gasteiger charge is 2.23. The Bertz CT molecular complexity index is 203. The van der Waals surface area contributed by atoms with Crippen molar-refractivity contribution >= 4 is 12.2 Å². The second kappa shape index (κ2) is 4.40. The maximum atomic E-state index is 11.4. The second-order valence-corrected chi connectivity index (χ2v) is 4.06. The van der Waals surface area contributed by atoms with E-state index < -0.39 is 0 Å². The van der Waals surface area contributed by atoms with E-state index in [1.165, 1.54) is 0 Å². The van der Waals surface area contributed by atoms with Crippen LogP contribution >= 0.6 is 0 Å². The molecule has 74 valence electrons. The van der Waals surface area contributed by atoms with Crippen molar-refractivity contribution in [2.45, 2.75) is 26.7 Å². The van der Waals surface area contributed by atoms with Crippen LogP contribution in [0, 0.1) is 11.8 Å². The van der Waals surface area contributed by atoms with E-state index >= 15 is 0 Å². The summed E-state index contributed by atoms with van der Waals surface area (Å²) < 4.78 is 0. The minimum Gasteiger partial charge on any atom is -0.342 e. The van der Waals surface area contributed by atoms with E-state index in [1.54, 1.807) is 0 Å². The zero-order chi connectivity index (χ0) is 9.84. The molecule has 1 aliphatic heterocycles. The van der Waals surface area contributed by atoms with Crippen LogP contribution in [-0.4, -0.2) is 30.2 Å². The molecule has 0 spiro atoms. The Morgan fingerprint density at radius 3 is 3.00 bits per heavy atom. The highest BCUT2D eigenvalue weighted by Crippen LogP contribution is 2.17. The standard InChI is InChI=1S/C10H17NO2/c1-8-3-4-10(13)11(5-8)6-9(2)7-12/h7-9H,3-6H2,1-2H3. The van der Waals surface area contributed by atoms with Gasteiger partial charge in [-0.05, 0) is 12.3 Å². The largest absolute Gasteiger partial charge is 0.342 e. The van der Waals surface area contributed by atoms with Crippen molar-refractivity contribution in [1.29, 1.82) is 0 Å². The van der Waals surface area contributed by atoms with E-state index in [2.05, 4.69) is 6.92 Å². The van der Waals surface area contributed by atoms with Gasteiger partial charge < -0.3 is 9.69 Å². The summed E-state index contributed by atoms with van der Waals surface area (Å²) in [5, 5.41) is 0. The normalized spacial score (nSPS) is 25.8. The predicted molar refractivity (Wildman–Crippen MR) is 50.2 cm³/mol. The van der Waals surface area contributed by atoms with Gasteiger partial charge in [-0.2, -0.15) is 0 Å². The van der Waals surface area contributed by atoms with Crippen molar-refractivity contribution < 1.29 is 9.59 Å². The van der Waals surface area contributed by atoms with Gasteiger partial charge in [0.1, 0.15) is 6.29 Å². The van der Waals surface area contributed by atoms with Crippen LogP contribution in [0.2, 0.25) is 0 Å². The first kappa shape index (κ1) is 10.2. The van der Waals surface area contributed by atoms with Gasteiger partial charge in [-0.15, -0.1) is 0 Å². The number of hydrogen-bond donors (Lipinski definition) is 0. The number of piperidine rings is 1. The Kier molecular flexibility index (Phi) is 3.46. The van der Waals surface area contributed by atoms with Gasteiger partial charge in [-0.3, -0.25) is 4.79 Å². The third-order valence-electron chi connectivity index (χ3n) is 2.48. The Balaban J connectivity index is 2.46. The van der Waals surface area contributed by atoms with Gasteiger partial charge in [0.2, 0.25) is 5.91 Å². The fourth-order valence-corrected chi connectivity index (χ4v) is 1.66. The van der Waals surface area contributed by atoms with Gasteiger partial charge in [0.25, 0.3) is 0 Å². The molecule has 1 heterocycles. The maximum absolute atomic E-state index is 11.4. The number of nitrogens with zero attached hydrogens (tertiary/aromatic N) is 1. The first-order chi connectivity index (χ1) is 6.13. The van der Waals surface area contributed by atoms with Crippen molar-refractivity contribution in [3.05, 3.63) is 0 Å². The summed E-state index contributed by atoms with van der Waals surface area (Å²) in [6, 6.07) is 0.